The Bertz CT molecular complexity index is 1430. The normalized spacial score (nSPS) is 15.3. The van der Waals surface area contributed by atoms with Crippen LogP contribution in [-0.4, -0.2) is 24.5 Å². The maximum absolute atomic E-state index is 13.9. The van der Waals surface area contributed by atoms with Crippen LogP contribution in [0.25, 0.3) is 6.08 Å². The molecular weight excluding hydrogens is 524 g/mol. The molecular formula is C23H14Cl2FNO5S2. The number of amides is 2. The molecule has 0 N–H and O–H groups in total. The Labute approximate surface area is 209 Å². The van der Waals surface area contributed by atoms with E-state index in [0.717, 1.165) is 4.90 Å². The summed E-state index contributed by atoms with van der Waals surface area (Å²) in [5.74, 6) is -1.19. The average molecular weight is 538 g/mol. The molecule has 1 aliphatic heterocycles. The number of thioether (sulfide) groups is 1. The summed E-state index contributed by atoms with van der Waals surface area (Å²) in [4.78, 5) is 26.0. The van der Waals surface area contributed by atoms with Gasteiger partial charge in [0.15, 0.2) is 5.75 Å². The minimum Gasteiger partial charge on any atom is -0.377 e. The zero-order valence-electron chi connectivity index (χ0n) is 17.1. The minimum absolute atomic E-state index is 0.0168. The van der Waals surface area contributed by atoms with Crippen LogP contribution in [-0.2, 0) is 21.5 Å². The molecule has 174 valence electrons. The van der Waals surface area contributed by atoms with Crippen molar-refractivity contribution in [3.8, 4) is 5.75 Å². The quantitative estimate of drug-likeness (QED) is 0.277. The molecule has 0 radical (unpaired) electrons. The standard InChI is InChI=1S/C23H14Cl2FNO5S2/c24-16-6-8-17(9-7-16)34(30,31)32-20-10-5-14(11-18(20)25)12-21-22(28)27(23(29)33-21)13-15-3-1-2-4-19(15)26/h1-12H,13H2/b21-12-. The second kappa shape index (κ2) is 9.79. The van der Waals surface area contributed by atoms with E-state index in [0.29, 0.717) is 22.3 Å². The molecule has 0 bridgehead atoms. The number of imide groups is 1. The first-order chi connectivity index (χ1) is 16.1. The summed E-state index contributed by atoms with van der Waals surface area (Å²) in [6.07, 6.45) is 1.44. The van der Waals surface area contributed by atoms with Crippen LogP contribution in [0.5, 0.6) is 5.75 Å². The van der Waals surface area contributed by atoms with Gasteiger partial charge in [-0.25, -0.2) is 4.39 Å². The number of carbonyl (C=O) groups excluding carboxylic acids is 2. The molecule has 3 aromatic carbocycles. The SMILES string of the molecule is O=C1S/C(=C\c2ccc(OS(=O)(=O)c3ccc(Cl)cc3)c(Cl)c2)C(=O)N1Cc1ccccc1F. The number of benzene rings is 3. The van der Waals surface area contributed by atoms with Gasteiger partial charge in [0.2, 0.25) is 0 Å². The molecule has 1 saturated heterocycles. The van der Waals surface area contributed by atoms with Crippen molar-refractivity contribution in [2.45, 2.75) is 11.4 Å². The summed E-state index contributed by atoms with van der Waals surface area (Å²) in [5.41, 5.74) is 0.662. The third kappa shape index (κ3) is 5.28. The third-order valence-electron chi connectivity index (χ3n) is 4.72. The van der Waals surface area contributed by atoms with E-state index in [4.69, 9.17) is 27.4 Å². The maximum Gasteiger partial charge on any atom is 0.339 e. The molecule has 4 rings (SSSR count). The zero-order valence-corrected chi connectivity index (χ0v) is 20.2. The Balaban J connectivity index is 1.52. The van der Waals surface area contributed by atoms with E-state index in [1.54, 1.807) is 6.07 Å². The summed E-state index contributed by atoms with van der Waals surface area (Å²) in [6, 6.07) is 15.6. The predicted octanol–water partition coefficient (Wildman–Crippen LogP) is 6.14. The first kappa shape index (κ1) is 24.3. The number of nitrogens with zero attached hydrogens (tertiary/aromatic N) is 1. The molecule has 1 aliphatic rings. The highest BCUT2D eigenvalue weighted by atomic mass is 35.5. The lowest BCUT2D eigenvalue weighted by atomic mass is 10.2. The maximum atomic E-state index is 13.9. The van der Waals surface area contributed by atoms with E-state index < -0.39 is 27.1 Å². The van der Waals surface area contributed by atoms with E-state index >= 15 is 0 Å². The van der Waals surface area contributed by atoms with Crippen LogP contribution < -0.4 is 4.18 Å². The lowest BCUT2D eigenvalue weighted by Gasteiger charge is -2.12. The lowest BCUT2D eigenvalue weighted by Crippen LogP contribution is -2.27. The third-order valence-corrected chi connectivity index (χ3v) is 7.42. The molecule has 0 aliphatic carbocycles. The summed E-state index contributed by atoms with van der Waals surface area (Å²) in [7, 11) is -4.14. The van der Waals surface area contributed by atoms with Gasteiger partial charge in [0.25, 0.3) is 11.1 Å². The summed E-state index contributed by atoms with van der Waals surface area (Å²) < 4.78 is 44.0. The van der Waals surface area contributed by atoms with Crippen molar-refractivity contribution in [2.75, 3.05) is 0 Å². The van der Waals surface area contributed by atoms with Crippen molar-refractivity contribution in [3.63, 3.8) is 0 Å². The highest BCUT2D eigenvalue weighted by Crippen LogP contribution is 2.35. The second-order valence-electron chi connectivity index (χ2n) is 7.04. The molecule has 6 nitrogen and oxygen atoms in total. The van der Waals surface area contributed by atoms with E-state index in [-0.39, 0.29) is 32.7 Å². The molecule has 1 heterocycles. The molecule has 0 atom stereocenters. The van der Waals surface area contributed by atoms with Crippen molar-refractivity contribution < 1.29 is 26.6 Å². The second-order valence-corrected chi connectivity index (χ2v) is 10.4. The number of halogens is 3. The minimum atomic E-state index is -4.14. The molecule has 11 heteroatoms. The van der Waals surface area contributed by atoms with Crippen LogP contribution >= 0.6 is 35.0 Å². The topological polar surface area (TPSA) is 80.8 Å². The van der Waals surface area contributed by atoms with E-state index in [2.05, 4.69) is 0 Å². The van der Waals surface area contributed by atoms with Gasteiger partial charge in [-0.05, 0) is 65.9 Å². The Hall–Kier alpha value is -2.85. The zero-order chi connectivity index (χ0) is 24.5. The van der Waals surface area contributed by atoms with Crippen LogP contribution in [0.4, 0.5) is 9.18 Å². The van der Waals surface area contributed by atoms with Crippen LogP contribution in [0.15, 0.2) is 76.5 Å². The van der Waals surface area contributed by atoms with Gasteiger partial charge >= 0.3 is 10.1 Å². The van der Waals surface area contributed by atoms with Crippen molar-refractivity contribution in [1.82, 2.24) is 4.90 Å². The van der Waals surface area contributed by atoms with Crippen LogP contribution in [0, 0.1) is 5.82 Å². The highest BCUT2D eigenvalue weighted by molar-refractivity contribution is 8.18. The van der Waals surface area contributed by atoms with E-state index in [9.17, 15) is 22.4 Å². The average Bonchev–Trinajstić information content (AvgIpc) is 3.04. The van der Waals surface area contributed by atoms with Crippen molar-refractivity contribution in [1.29, 1.82) is 0 Å². The van der Waals surface area contributed by atoms with Gasteiger partial charge in [-0.3, -0.25) is 14.5 Å². The molecule has 0 aromatic heterocycles. The predicted molar refractivity (Wildman–Crippen MR) is 129 cm³/mol. The smallest absolute Gasteiger partial charge is 0.339 e. The van der Waals surface area contributed by atoms with Gasteiger partial charge in [-0.2, -0.15) is 8.42 Å². The van der Waals surface area contributed by atoms with Crippen molar-refractivity contribution >= 4 is 62.3 Å². The van der Waals surface area contributed by atoms with Crippen molar-refractivity contribution in [3.05, 3.63) is 98.6 Å². The fourth-order valence-corrected chi connectivity index (χ4v) is 5.21. The Morgan fingerprint density at radius 3 is 2.38 bits per heavy atom. The first-order valence-corrected chi connectivity index (χ1v) is 12.6. The van der Waals surface area contributed by atoms with Crippen LogP contribution in [0.2, 0.25) is 10.0 Å². The number of rotatable bonds is 6. The van der Waals surface area contributed by atoms with Gasteiger partial charge in [-0.15, -0.1) is 0 Å². The van der Waals surface area contributed by atoms with Gasteiger partial charge in [0.05, 0.1) is 16.5 Å². The van der Waals surface area contributed by atoms with Crippen LogP contribution in [0.3, 0.4) is 0 Å². The monoisotopic (exact) mass is 537 g/mol. The summed E-state index contributed by atoms with van der Waals surface area (Å²) >= 11 is 12.7. The Kier molecular flexibility index (Phi) is 6.99. The van der Waals surface area contributed by atoms with Crippen molar-refractivity contribution in [2.24, 2.45) is 0 Å². The van der Waals surface area contributed by atoms with Gasteiger partial charge in [-0.1, -0.05) is 47.5 Å². The summed E-state index contributed by atoms with van der Waals surface area (Å²) in [6.45, 7) is -0.190. The van der Waals surface area contributed by atoms with Gasteiger partial charge < -0.3 is 4.18 Å². The molecule has 2 amide bonds. The number of carbonyl (C=O) groups is 2. The number of hydrogen-bond donors (Lipinski definition) is 0. The molecule has 3 aromatic rings. The fraction of sp³-hybridized carbons (Fsp3) is 0.0435. The number of hydrogen-bond acceptors (Lipinski definition) is 6. The molecule has 0 spiro atoms. The van der Waals surface area contributed by atoms with Gasteiger partial charge in [0.1, 0.15) is 10.7 Å². The van der Waals surface area contributed by atoms with Gasteiger partial charge in [0, 0.05) is 10.6 Å². The highest BCUT2D eigenvalue weighted by Gasteiger charge is 2.35. The molecule has 0 saturated carbocycles. The fourth-order valence-electron chi connectivity index (χ4n) is 3.03. The lowest BCUT2D eigenvalue weighted by molar-refractivity contribution is -0.123. The molecule has 0 unspecified atom stereocenters. The molecule has 1 fully saturated rings. The Morgan fingerprint density at radius 1 is 1.00 bits per heavy atom. The van der Waals surface area contributed by atoms with Crippen LogP contribution in [0.1, 0.15) is 11.1 Å². The summed E-state index contributed by atoms with van der Waals surface area (Å²) in [5, 5.41) is -0.170. The first-order valence-electron chi connectivity index (χ1n) is 9.62. The largest absolute Gasteiger partial charge is 0.377 e. The van der Waals surface area contributed by atoms with E-state index in [1.165, 1.54) is 66.7 Å². The molecule has 34 heavy (non-hydrogen) atoms. The Morgan fingerprint density at radius 2 is 1.71 bits per heavy atom. The van der Waals surface area contributed by atoms with E-state index in [1.807, 2.05) is 0 Å².